The Hall–Kier alpha value is -2.82. The summed E-state index contributed by atoms with van der Waals surface area (Å²) >= 11 is 0. The number of carbonyl (C=O) groups excluding carboxylic acids is 2. The summed E-state index contributed by atoms with van der Waals surface area (Å²) in [5, 5.41) is 22.0. The Labute approximate surface area is 246 Å². The molecule has 2 aliphatic carbocycles. The predicted octanol–water partition coefficient (Wildman–Crippen LogP) is 3.36. The van der Waals surface area contributed by atoms with E-state index in [1.165, 1.54) is 0 Å². The largest absolute Gasteiger partial charge is 0.497 e. The molecular formula is C32H43NO9. The first-order valence-electron chi connectivity index (χ1n) is 15.3. The minimum atomic E-state index is -2.11. The molecule has 5 aliphatic rings. The molecule has 2 fully saturated rings. The van der Waals surface area contributed by atoms with Crippen LogP contribution in [-0.4, -0.2) is 83.5 Å². The van der Waals surface area contributed by atoms with Gasteiger partial charge in [0.15, 0.2) is 23.2 Å². The Kier molecular flexibility index (Phi) is 7.68. The van der Waals surface area contributed by atoms with Crippen LogP contribution in [0.5, 0.6) is 11.5 Å². The van der Waals surface area contributed by atoms with E-state index in [0.29, 0.717) is 42.6 Å². The third kappa shape index (κ3) is 5.61. The molecule has 1 saturated carbocycles. The first-order valence-corrected chi connectivity index (χ1v) is 15.3. The van der Waals surface area contributed by atoms with Crippen LogP contribution in [0.15, 0.2) is 24.0 Å². The SMILES string of the molecule is COC1=C[C@]23CCCN2CCc2cc4c(cc2[C@@H]3C1OC(=O)[C@@](O)(CCCC(C)(C)O)CC(=O)OCC1CC1)OCO4. The van der Waals surface area contributed by atoms with Crippen molar-refractivity contribution >= 4 is 11.9 Å². The lowest BCUT2D eigenvalue weighted by molar-refractivity contribution is -0.179. The lowest BCUT2D eigenvalue weighted by Crippen LogP contribution is -2.49. The minimum Gasteiger partial charge on any atom is -0.497 e. The topological polar surface area (TPSA) is 124 Å². The van der Waals surface area contributed by atoms with Crippen LogP contribution in [0.3, 0.4) is 0 Å². The van der Waals surface area contributed by atoms with E-state index in [4.69, 9.17) is 23.7 Å². The molecule has 0 amide bonds. The van der Waals surface area contributed by atoms with Gasteiger partial charge in [0.25, 0.3) is 0 Å². The van der Waals surface area contributed by atoms with Gasteiger partial charge in [0.05, 0.1) is 37.2 Å². The summed E-state index contributed by atoms with van der Waals surface area (Å²) in [7, 11) is 1.57. The fourth-order valence-corrected chi connectivity index (χ4v) is 7.18. The lowest BCUT2D eigenvalue weighted by atomic mass is 9.77. The molecule has 1 spiro atoms. The quantitative estimate of drug-likeness (QED) is 0.374. The van der Waals surface area contributed by atoms with E-state index in [9.17, 15) is 19.8 Å². The van der Waals surface area contributed by atoms with Gasteiger partial charge in [-0.1, -0.05) is 0 Å². The summed E-state index contributed by atoms with van der Waals surface area (Å²) in [4.78, 5) is 29.2. The Bertz CT molecular complexity index is 1250. The van der Waals surface area contributed by atoms with Crippen molar-refractivity contribution in [1.82, 2.24) is 4.90 Å². The van der Waals surface area contributed by atoms with Gasteiger partial charge in [0.1, 0.15) is 5.76 Å². The van der Waals surface area contributed by atoms with E-state index in [1.54, 1.807) is 21.0 Å². The molecule has 6 rings (SSSR count). The molecule has 3 heterocycles. The predicted molar refractivity (Wildman–Crippen MR) is 151 cm³/mol. The van der Waals surface area contributed by atoms with Gasteiger partial charge in [-0.2, -0.15) is 0 Å². The molecule has 10 heteroatoms. The van der Waals surface area contributed by atoms with Crippen LogP contribution in [0.2, 0.25) is 0 Å². The highest BCUT2D eigenvalue weighted by molar-refractivity contribution is 5.86. The van der Waals surface area contributed by atoms with Gasteiger partial charge in [0, 0.05) is 6.54 Å². The minimum absolute atomic E-state index is 0.0513. The highest BCUT2D eigenvalue weighted by Crippen LogP contribution is 2.55. The van der Waals surface area contributed by atoms with E-state index in [-0.39, 0.29) is 19.1 Å². The summed E-state index contributed by atoms with van der Waals surface area (Å²) in [6.07, 6.45) is 6.09. The molecule has 10 nitrogen and oxygen atoms in total. The zero-order valence-electron chi connectivity index (χ0n) is 24.9. The molecule has 1 unspecified atom stereocenters. The number of hydrogen-bond acceptors (Lipinski definition) is 10. The fourth-order valence-electron chi connectivity index (χ4n) is 7.18. The number of nitrogens with zero attached hydrogens (tertiary/aromatic N) is 1. The van der Waals surface area contributed by atoms with Gasteiger partial charge in [-0.15, -0.1) is 0 Å². The number of methoxy groups -OCH3 is 1. The molecule has 1 aromatic rings. The van der Waals surface area contributed by atoms with Crippen molar-refractivity contribution in [2.75, 3.05) is 33.6 Å². The van der Waals surface area contributed by atoms with Crippen molar-refractivity contribution in [1.29, 1.82) is 0 Å². The van der Waals surface area contributed by atoms with Crippen LogP contribution in [0.4, 0.5) is 0 Å². The second-order valence-corrected chi connectivity index (χ2v) is 13.3. The van der Waals surface area contributed by atoms with Crippen molar-refractivity contribution in [3.8, 4) is 11.5 Å². The average molecular weight is 586 g/mol. The molecule has 1 aromatic carbocycles. The second kappa shape index (κ2) is 11.0. The van der Waals surface area contributed by atoms with Crippen molar-refractivity contribution in [2.45, 2.75) is 100 Å². The van der Waals surface area contributed by atoms with E-state index in [2.05, 4.69) is 11.0 Å². The molecular weight excluding hydrogens is 542 g/mol. The number of rotatable bonds is 11. The Balaban J connectivity index is 1.31. The van der Waals surface area contributed by atoms with Gasteiger partial charge in [-0.05, 0) is 107 Å². The second-order valence-electron chi connectivity index (χ2n) is 13.3. The Morgan fingerprint density at radius 2 is 1.88 bits per heavy atom. The van der Waals surface area contributed by atoms with Gasteiger partial charge < -0.3 is 33.9 Å². The van der Waals surface area contributed by atoms with Crippen LogP contribution in [0, 0.1) is 5.92 Å². The molecule has 3 aliphatic heterocycles. The zero-order chi connectivity index (χ0) is 29.7. The molecule has 0 radical (unpaired) electrons. The maximum atomic E-state index is 14.0. The summed E-state index contributed by atoms with van der Waals surface area (Å²) in [6.45, 7) is 5.55. The van der Waals surface area contributed by atoms with Crippen LogP contribution >= 0.6 is 0 Å². The number of aliphatic hydroxyl groups is 2. The smallest absolute Gasteiger partial charge is 0.339 e. The van der Waals surface area contributed by atoms with Gasteiger partial charge in [-0.3, -0.25) is 9.69 Å². The van der Waals surface area contributed by atoms with Crippen molar-refractivity contribution in [3.05, 3.63) is 35.1 Å². The maximum absolute atomic E-state index is 14.0. The molecule has 2 N–H and O–H groups in total. The summed E-state index contributed by atoms with van der Waals surface area (Å²) in [6, 6.07) is 4.03. The van der Waals surface area contributed by atoms with Crippen LogP contribution < -0.4 is 9.47 Å². The summed E-state index contributed by atoms with van der Waals surface area (Å²) in [5.74, 6) is 0.435. The molecule has 230 valence electrons. The van der Waals surface area contributed by atoms with E-state index >= 15 is 0 Å². The van der Waals surface area contributed by atoms with Crippen LogP contribution in [0.1, 0.15) is 82.3 Å². The van der Waals surface area contributed by atoms with Crippen molar-refractivity contribution < 1.29 is 43.5 Å². The highest BCUT2D eigenvalue weighted by Gasteiger charge is 2.59. The Morgan fingerprint density at radius 3 is 2.60 bits per heavy atom. The van der Waals surface area contributed by atoms with Gasteiger partial charge in [0.2, 0.25) is 6.79 Å². The lowest BCUT2D eigenvalue weighted by Gasteiger charge is -2.39. The number of benzene rings is 1. The van der Waals surface area contributed by atoms with Crippen molar-refractivity contribution in [2.24, 2.45) is 5.92 Å². The van der Waals surface area contributed by atoms with E-state index < -0.39 is 41.2 Å². The van der Waals surface area contributed by atoms with Gasteiger partial charge in [-0.25, -0.2) is 4.79 Å². The number of fused-ring (bicyclic) bond motifs is 3. The van der Waals surface area contributed by atoms with E-state index in [1.807, 2.05) is 12.1 Å². The average Bonchev–Trinajstić information content (AvgIpc) is 3.41. The molecule has 0 bridgehead atoms. The molecule has 1 saturated heterocycles. The van der Waals surface area contributed by atoms with Gasteiger partial charge >= 0.3 is 11.9 Å². The monoisotopic (exact) mass is 585 g/mol. The first kappa shape index (κ1) is 29.3. The Morgan fingerprint density at radius 1 is 1.12 bits per heavy atom. The first-order chi connectivity index (χ1) is 20.0. The van der Waals surface area contributed by atoms with Crippen LogP contribution in [0.25, 0.3) is 0 Å². The number of carbonyl (C=O) groups is 2. The standard InChI is InChI=1S/C32H43NO9/c1-30(2,36)9-4-11-32(37,17-26(34)39-18-20-6-7-20)29(35)42-28-25(38-3)16-31-10-5-12-33(31)13-8-21-14-23-24(41-19-40-23)15-22(21)27(28)31/h14-16,20,27-28,36-37H,4-13,17-19H2,1-3H3/t27-,28?,31+,32-/m1/s1. The number of ether oxygens (including phenoxy) is 5. The van der Waals surface area contributed by atoms with E-state index in [0.717, 1.165) is 56.3 Å². The highest BCUT2D eigenvalue weighted by atomic mass is 16.7. The molecule has 0 aromatic heterocycles. The van der Waals surface area contributed by atoms with Crippen molar-refractivity contribution in [3.63, 3.8) is 0 Å². The normalized spacial score (nSPS) is 27.7. The molecule has 4 atom stereocenters. The number of hydrogen-bond donors (Lipinski definition) is 2. The fraction of sp³-hybridized carbons (Fsp3) is 0.688. The number of esters is 2. The van der Waals surface area contributed by atoms with Crippen LogP contribution in [-0.2, 0) is 30.2 Å². The third-order valence-corrected chi connectivity index (χ3v) is 9.57. The zero-order valence-corrected chi connectivity index (χ0v) is 24.9. The maximum Gasteiger partial charge on any atom is 0.339 e. The molecule has 42 heavy (non-hydrogen) atoms. The third-order valence-electron chi connectivity index (χ3n) is 9.57. The summed E-state index contributed by atoms with van der Waals surface area (Å²) < 4.78 is 28.9. The summed E-state index contributed by atoms with van der Waals surface area (Å²) in [5.41, 5.74) is -1.40.